The first-order valence-electron chi connectivity index (χ1n) is 11.2. The van der Waals surface area contributed by atoms with Crippen molar-refractivity contribution in [2.45, 2.75) is 32.2 Å². The predicted octanol–water partition coefficient (Wildman–Crippen LogP) is 5.21. The molecule has 0 spiro atoms. The maximum atomic E-state index is 13.4. The van der Waals surface area contributed by atoms with Gasteiger partial charge < -0.3 is 10.2 Å². The topological polar surface area (TPSA) is 61.8 Å². The summed E-state index contributed by atoms with van der Waals surface area (Å²) in [6.45, 7) is 4.65. The average Bonchev–Trinajstić information content (AvgIpc) is 3.34. The van der Waals surface area contributed by atoms with Crippen LogP contribution < -0.4 is 10.2 Å². The van der Waals surface area contributed by atoms with Gasteiger partial charge in [0.2, 0.25) is 0 Å². The fourth-order valence-corrected chi connectivity index (χ4v) is 5.77. The van der Waals surface area contributed by atoms with E-state index in [-0.39, 0.29) is 11.8 Å². The highest BCUT2D eigenvalue weighted by Gasteiger charge is 2.34. The Morgan fingerprint density at radius 3 is 2.67 bits per heavy atom. The van der Waals surface area contributed by atoms with E-state index in [1.54, 1.807) is 22.3 Å². The van der Waals surface area contributed by atoms with E-state index in [1.807, 2.05) is 54.6 Å². The van der Waals surface area contributed by atoms with Crippen molar-refractivity contribution in [3.05, 3.63) is 94.4 Å². The summed E-state index contributed by atoms with van der Waals surface area (Å²) in [4.78, 5) is 34.3. The van der Waals surface area contributed by atoms with Crippen molar-refractivity contribution in [2.75, 3.05) is 11.4 Å². The van der Waals surface area contributed by atoms with Crippen molar-refractivity contribution >= 4 is 39.6 Å². The Balaban J connectivity index is 1.54. The first kappa shape index (κ1) is 21.3. The van der Waals surface area contributed by atoms with Crippen molar-refractivity contribution in [3.63, 3.8) is 0 Å². The summed E-state index contributed by atoms with van der Waals surface area (Å²) in [6, 6.07) is 17.5. The number of carbonyl (C=O) groups excluding carboxylic acids is 2. The molecular weight excluding hydrogens is 430 g/mol. The van der Waals surface area contributed by atoms with Crippen LogP contribution in [0.25, 0.3) is 0 Å². The monoisotopic (exact) mass is 455 g/mol. The molecule has 2 heterocycles. The molecule has 0 saturated heterocycles. The summed E-state index contributed by atoms with van der Waals surface area (Å²) < 4.78 is 0. The second kappa shape index (κ2) is 9.16. The Morgan fingerprint density at radius 2 is 1.85 bits per heavy atom. The van der Waals surface area contributed by atoms with Gasteiger partial charge in [-0.25, -0.2) is 4.99 Å². The molecule has 5 nitrogen and oxygen atoms in total. The number of thiophene rings is 1. The first-order valence-corrected chi connectivity index (χ1v) is 12.1. The Morgan fingerprint density at radius 1 is 1.09 bits per heavy atom. The van der Waals surface area contributed by atoms with E-state index in [0.717, 1.165) is 48.1 Å². The highest BCUT2D eigenvalue weighted by atomic mass is 32.1. The molecule has 166 valence electrons. The molecule has 3 aromatic rings. The number of nitrogens with one attached hydrogen (secondary N) is 1. The van der Waals surface area contributed by atoms with Gasteiger partial charge in [-0.05, 0) is 42.9 Å². The van der Waals surface area contributed by atoms with Gasteiger partial charge in [-0.3, -0.25) is 9.59 Å². The Kier molecular flexibility index (Phi) is 5.92. The minimum atomic E-state index is -0.155. The summed E-state index contributed by atoms with van der Waals surface area (Å²) in [6.07, 6.45) is 5.72. The smallest absolute Gasteiger partial charge is 0.277 e. The molecule has 0 fully saturated rings. The molecule has 0 bridgehead atoms. The third-order valence-electron chi connectivity index (χ3n) is 6.10. The summed E-state index contributed by atoms with van der Waals surface area (Å²) in [5.74, 6) is -0.280. The molecule has 1 N–H and O–H groups in total. The number of rotatable bonds is 6. The summed E-state index contributed by atoms with van der Waals surface area (Å²) in [7, 11) is 0. The van der Waals surface area contributed by atoms with E-state index in [9.17, 15) is 9.59 Å². The van der Waals surface area contributed by atoms with Crippen molar-refractivity contribution < 1.29 is 9.59 Å². The van der Waals surface area contributed by atoms with Gasteiger partial charge in [0.25, 0.3) is 11.8 Å². The third kappa shape index (κ3) is 4.02. The fraction of sp³-hybridized carbons (Fsp3) is 0.222. The number of hydrogen-bond acceptors (Lipinski definition) is 4. The van der Waals surface area contributed by atoms with Crippen LogP contribution >= 0.6 is 11.3 Å². The number of fused-ring (bicyclic) bond motifs is 2. The number of aryl methyl sites for hydroxylation is 1. The number of amides is 2. The molecular formula is C27H25N3O2S. The molecule has 1 aromatic heterocycles. The molecule has 33 heavy (non-hydrogen) atoms. The van der Waals surface area contributed by atoms with Gasteiger partial charge >= 0.3 is 0 Å². The molecule has 1 aliphatic heterocycles. The van der Waals surface area contributed by atoms with Gasteiger partial charge in [0.1, 0.15) is 10.7 Å². The molecule has 0 radical (unpaired) electrons. The van der Waals surface area contributed by atoms with E-state index in [1.165, 1.54) is 4.88 Å². The van der Waals surface area contributed by atoms with Crippen LogP contribution in [-0.2, 0) is 24.2 Å². The lowest BCUT2D eigenvalue weighted by atomic mass is 9.95. The van der Waals surface area contributed by atoms with Gasteiger partial charge in [0, 0.05) is 23.5 Å². The van der Waals surface area contributed by atoms with Crippen LogP contribution in [-0.4, -0.2) is 24.1 Å². The minimum absolute atomic E-state index is 0.126. The zero-order valence-electron chi connectivity index (χ0n) is 18.3. The van der Waals surface area contributed by atoms with E-state index in [4.69, 9.17) is 4.99 Å². The largest absolute Gasteiger partial charge is 0.348 e. The second-order valence-electron chi connectivity index (χ2n) is 8.24. The molecule has 2 aliphatic rings. The summed E-state index contributed by atoms with van der Waals surface area (Å²) >= 11 is 1.55. The molecule has 6 heteroatoms. The van der Waals surface area contributed by atoms with Crippen LogP contribution in [0.3, 0.4) is 0 Å². The van der Waals surface area contributed by atoms with E-state index in [0.29, 0.717) is 29.4 Å². The Labute approximate surface area is 197 Å². The fourth-order valence-electron chi connectivity index (χ4n) is 4.51. The number of benzene rings is 2. The zero-order chi connectivity index (χ0) is 22.8. The van der Waals surface area contributed by atoms with Gasteiger partial charge in [-0.15, -0.1) is 17.9 Å². The van der Waals surface area contributed by atoms with Crippen LogP contribution in [0.4, 0.5) is 10.7 Å². The molecule has 5 rings (SSSR count). The second-order valence-corrected chi connectivity index (χ2v) is 9.32. The minimum Gasteiger partial charge on any atom is -0.348 e. The van der Waals surface area contributed by atoms with Gasteiger partial charge in [-0.1, -0.05) is 54.6 Å². The van der Waals surface area contributed by atoms with Crippen molar-refractivity contribution in [1.82, 2.24) is 5.32 Å². The number of aliphatic imine (C=N–C) groups is 1. The number of nitrogens with zero attached hydrogens (tertiary/aromatic N) is 2. The molecule has 2 amide bonds. The Hall–Kier alpha value is -3.51. The van der Waals surface area contributed by atoms with Gasteiger partial charge in [-0.2, -0.15) is 0 Å². The van der Waals surface area contributed by atoms with Crippen LogP contribution in [0.5, 0.6) is 0 Å². The molecule has 0 unspecified atom stereocenters. The summed E-state index contributed by atoms with van der Waals surface area (Å²) in [5.41, 5.74) is 4.79. The standard InChI is InChI=1S/C27H25N3O2S/c1-2-16-30-21-14-8-6-12-19(21)24(27(30)32)29-26-23(20-13-7-9-15-22(20)33-26)25(31)28-17-18-10-4-3-5-11-18/h2-6,8,10-12,14H,1,7,9,13,15-17H2,(H,28,31). The molecule has 2 aromatic carbocycles. The zero-order valence-corrected chi connectivity index (χ0v) is 19.2. The predicted molar refractivity (Wildman–Crippen MR) is 134 cm³/mol. The molecule has 1 aliphatic carbocycles. The molecule has 0 atom stereocenters. The van der Waals surface area contributed by atoms with Crippen LogP contribution in [0.1, 0.15) is 44.8 Å². The SMILES string of the molecule is C=CCN1C(=O)C(=Nc2sc3c(c2C(=O)NCc2ccccc2)CCCC3)c2ccccc21. The lowest BCUT2D eigenvalue weighted by Gasteiger charge is -2.13. The first-order chi connectivity index (χ1) is 16.2. The summed E-state index contributed by atoms with van der Waals surface area (Å²) in [5, 5.41) is 3.70. The third-order valence-corrected chi connectivity index (χ3v) is 7.28. The van der Waals surface area contributed by atoms with E-state index < -0.39 is 0 Å². The van der Waals surface area contributed by atoms with E-state index in [2.05, 4.69) is 11.9 Å². The highest BCUT2D eigenvalue weighted by molar-refractivity contribution is 7.16. The number of hydrogen-bond donors (Lipinski definition) is 1. The van der Waals surface area contributed by atoms with Crippen LogP contribution in [0, 0.1) is 0 Å². The van der Waals surface area contributed by atoms with Gasteiger partial charge in [0.05, 0.1) is 11.3 Å². The van der Waals surface area contributed by atoms with Crippen molar-refractivity contribution in [1.29, 1.82) is 0 Å². The normalized spacial score (nSPS) is 15.9. The average molecular weight is 456 g/mol. The van der Waals surface area contributed by atoms with Crippen molar-refractivity contribution in [3.8, 4) is 0 Å². The maximum Gasteiger partial charge on any atom is 0.277 e. The lowest BCUT2D eigenvalue weighted by Crippen LogP contribution is -2.30. The lowest BCUT2D eigenvalue weighted by molar-refractivity contribution is -0.112. The molecule has 0 saturated carbocycles. The number of para-hydroxylation sites is 1. The van der Waals surface area contributed by atoms with Crippen LogP contribution in [0.2, 0.25) is 0 Å². The highest BCUT2D eigenvalue weighted by Crippen LogP contribution is 2.41. The van der Waals surface area contributed by atoms with E-state index >= 15 is 0 Å². The van der Waals surface area contributed by atoms with Crippen LogP contribution in [0.15, 0.2) is 72.2 Å². The maximum absolute atomic E-state index is 13.4. The number of carbonyl (C=O) groups is 2. The quantitative estimate of drug-likeness (QED) is 0.519. The Bertz CT molecular complexity index is 1260. The van der Waals surface area contributed by atoms with Gasteiger partial charge in [0.15, 0.2) is 0 Å². The van der Waals surface area contributed by atoms with Crippen molar-refractivity contribution in [2.24, 2.45) is 4.99 Å². The number of anilines is 1.